The van der Waals surface area contributed by atoms with E-state index in [4.69, 9.17) is 9.47 Å². The SMILES string of the molecule is COCCNCc1cc(Br)ccc1OC(C)C(=O)OC. The summed E-state index contributed by atoms with van der Waals surface area (Å²) in [6.07, 6.45) is -0.640. The fraction of sp³-hybridized carbons (Fsp3) is 0.500. The first kappa shape index (κ1) is 16.9. The van der Waals surface area contributed by atoms with Gasteiger partial charge in [0.2, 0.25) is 0 Å². The zero-order valence-corrected chi connectivity index (χ0v) is 13.5. The van der Waals surface area contributed by atoms with Crippen LogP contribution in [0.15, 0.2) is 22.7 Å². The average Bonchev–Trinajstić information content (AvgIpc) is 2.45. The van der Waals surface area contributed by atoms with Crippen LogP contribution in [0.4, 0.5) is 0 Å². The number of methoxy groups -OCH3 is 2. The third kappa shape index (κ3) is 5.48. The zero-order chi connectivity index (χ0) is 15.0. The van der Waals surface area contributed by atoms with Gasteiger partial charge < -0.3 is 19.5 Å². The fourth-order valence-electron chi connectivity index (χ4n) is 1.60. The maximum atomic E-state index is 11.4. The van der Waals surface area contributed by atoms with Crippen LogP contribution in [-0.4, -0.2) is 39.4 Å². The molecule has 20 heavy (non-hydrogen) atoms. The first-order chi connectivity index (χ1) is 9.58. The summed E-state index contributed by atoms with van der Waals surface area (Å²) in [5.74, 6) is 0.266. The Bertz CT molecular complexity index is 439. The van der Waals surface area contributed by atoms with E-state index in [1.54, 1.807) is 14.0 Å². The molecule has 0 saturated carbocycles. The van der Waals surface area contributed by atoms with E-state index in [1.807, 2.05) is 18.2 Å². The minimum Gasteiger partial charge on any atom is -0.479 e. The maximum absolute atomic E-state index is 11.4. The summed E-state index contributed by atoms with van der Waals surface area (Å²) in [5.41, 5.74) is 0.964. The molecule has 1 N–H and O–H groups in total. The number of ether oxygens (including phenoxy) is 3. The van der Waals surface area contributed by atoms with Crippen LogP contribution in [0.5, 0.6) is 5.75 Å². The van der Waals surface area contributed by atoms with Gasteiger partial charge in [0.25, 0.3) is 0 Å². The number of hydrogen-bond acceptors (Lipinski definition) is 5. The fourth-order valence-corrected chi connectivity index (χ4v) is 2.01. The van der Waals surface area contributed by atoms with E-state index < -0.39 is 12.1 Å². The standard InChI is InChI=1S/C14H20BrNO4/c1-10(14(17)19-3)20-13-5-4-12(15)8-11(13)9-16-6-7-18-2/h4-5,8,10,16H,6-7,9H2,1-3H3. The van der Waals surface area contributed by atoms with E-state index >= 15 is 0 Å². The van der Waals surface area contributed by atoms with Gasteiger partial charge in [-0.05, 0) is 25.1 Å². The molecule has 1 aromatic rings. The van der Waals surface area contributed by atoms with Crippen molar-refractivity contribution in [2.45, 2.75) is 19.6 Å². The third-order valence-corrected chi connectivity index (χ3v) is 3.15. The summed E-state index contributed by atoms with van der Waals surface area (Å²) in [7, 11) is 3.00. The molecular weight excluding hydrogens is 326 g/mol. The molecule has 0 aliphatic heterocycles. The number of carbonyl (C=O) groups is 1. The minimum absolute atomic E-state index is 0.397. The summed E-state index contributed by atoms with van der Waals surface area (Å²) in [4.78, 5) is 11.4. The number of benzene rings is 1. The summed E-state index contributed by atoms with van der Waals surface area (Å²) in [5, 5.41) is 3.24. The molecule has 5 nitrogen and oxygen atoms in total. The second kappa shape index (κ2) is 8.94. The van der Waals surface area contributed by atoms with Crippen molar-refractivity contribution in [3.05, 3.63) is 28.2 Å². The molecule has 1 unspecified atom stereocenters. The highest BCUT2D eigenvalue weighted by Crippen LogP contribution is 2.24. The molecular formula is C14H20BrNO4. The van der Waals surface area contributed by atoms with Crippen molar-refractivity contribution in [3.8, 4) is 5.75 Å². The molecule has 0 aromatic heterocycles. The van der Waals surface area contributed by atoms with Gasteiger partial charge in [-0.1, -0.05) is 15.9 Å². The zero-order valence-electron chi connectivity index (χ0n) is 11.9. The number of rotatable bonds is 8. The van der Waals surface area contributed by atoms with Crippen LogP contribution in [0.3, 0.4) is 0 Å². The van der Waals surface area contributed by atoms with Crippen LogP contribution >= 0.6 is 15.9 Å². The van der Waals surface area contributed by atoms with Crippen molar-refractivity contribution in [1.29, 1.82) is 0 Å². The molecule has 112 valence electrons. The first-order valence-electron chi connectivity index (χ1n) is 6.31. The largest absolute Gasteiger partial charge is 0.479 e. The van der Waals surface area contributed by atoms with Gasteiger partial charge in [-0.3, -0.25) is 0 Å². The number of esters is 1. The van der Waals surface area contributed by atoms with Gasteiger partial charge in [-0.25, -0.2) is 4.79 Å². The lowest BCUT2D eigenvalue weighted by Crippen LogP contribution is -2.26. The molecule has 0 aliphatic carbocycles. The lowest BCUT2D eigenvalue weighted by Gasteiger charge is -2.16. The number of halogens is 1. The lowest BCUT2D eigenvalue weighted by molar-refractivity contribution is -0.147. The number of hydrogen-bond donors (Lipinski definition) is 1. The molecule has 0 spiro atoms. The smallest absolute Gasteiger partial charge is 0.346 e. The quantitative estimate of drug-likeness (QED) is 0.577. The Morgan fingerprint density at radius 1 is 1.40 bits per heavy atom. The monoisotopic (exact) mass is 345 g/mol. The van der Waals surface area contributed by atoms with E-state index in [2.05, 4.69) is 26.0 Å². The van der Waals surface area contributed by atoms with Crippen molar-refractivity contribution < 1.29 is 19.0 Å². The molecule has 0 amide bonds. The number of carbonyl (C=O) groups excluding carboxylic acids is 1. The highest BCUT2D eigenvalue weighted by Gasteiger charge is 2.16. The molecule has 1 atom stereocenters. The highest BCUT2D eigenvalue weighted by atomic mass is 79.9. The van der Waals surface area contributed by atoms with Crippen molar-refractivity contribution >= 4 is 21.9 Å². The van der Waals surface area contributed by atoms with Crippen LogP contribution in [-0.2, 0) is 20.8 Å². The van der Waals surface area contributed by atoms with Crippen LogP contribution < -0.4 is 10.1 Å². The van der Waals surface area contributed by atoms with E-state index in [0.29, 0.717) is 18.9 Å². The second-order valence-corrected chi connectivity index (χ2v) is 5.12. The molecule has 1 rings (SSSR count). The molecule has 0 heterocycles. The van der Waals surface area contributed by atoms with E-state index in [1.165, 1.54) is 7.11 Å². The summed E-state index contributed by atoms with van der Waals surface area (Å²) >= 11 is 3.43. The van der Waals surface area contributed by atoms with Gasteiger partial charge in [0.05, 0.1) is 13.7 Å². The Morgan fingerprint density at radius 3 is 2.80 bits per heavy atom. The Morgan fingerprint density at radius 2 is 2.15 bits per heavy atom. The Hall–Kier alpha value is -1.11. The topological polar surface area (TPSA) is 56.8 Å². The van der Waals surface area contributed by atoms with Crippen molar-refractivity contribution in [2.75, 3.05) is 27.4 Å². The van der Waals surface area contributed by atoms with Crippen LogP contribution in [0.2, 0.25) is 0 Å². The molecule has 0 fully saturated rings. The lowest BCUT2D eigenvalue weighted by atomic mass is 10.2. The first-order valence-corrected chi connectivity index (χ1v) is 7.10. The van der Waals surface area contributed by atoms with Crippen LogP contribution in [0, 0.1) is 0 Å². The summed E-state index contributed by atoms with van der Waals surface area (Å²) in [6, 6.07) is 5.66. The van der Waals surface area contributed by atoms with Crippen molar-refractivity contribution in [3.63, 3.8) is 0 Å². The Labute approximate surface area is 127 Å². The van der Waals surface area contributed by atoms with Crippen LogP contribution in [0.25, 0.3) is 0 Å². The van der Waals surface area contributed by atoms with Gasteiger partial charge in [0, 0.05) is 30.2 Å². The third-order valence-electron chi connectivity index (χ3n) is 2.66. The predicted molar refractivity (Wildman–Crippen MR) is 79.8 cm³/mol. The highest BCUT2D eigenvalue weighted by molar-refractivity contribution is 9.10. The second-order valence-electron chi connectivity index (χ2n) is 4.20. The van der Waals surface area contributed by atoms with Gasteiger partial charge in [0.15, 0.2) is 6.10 Å². The molecule has 0 radical (unpaired) electrons. The Balaban J connectivity index is 2.71. The Kier molecular flexibility index (Phi) is 7.58. The molecule has 1 aromatic carbocycles. The van der Waals surface area contributed by atoms with Crippen molar-refractivity contribution in [1.82, 2.24) is 5.32 Å². The maximum Gasteiger partial charge on any atom is 0.346 e. The average molecular weight is 346 g/mol. The van der Waals surface area contributed by atoms with E-state index in [0.717, 1.165) is 16.6 Å². The molecule has 0 bridgehead atoms. The summed E-state index contributed by atoms with van der Waals surface area (Å²) in [6.45, 7) is 3.68. The normalized spacial score (nSPS) is 12.0. The van der Waals surface area contributed by atoms with Gasteiger partial charge in [-0.2, -0.15) is 0 Å². The van der Waals surface area contributed by atoms with E-state index in [9.17, 15) is 4.79 Å². The number of nitrogens with one attached hydrogen (secondary N) is 1. The molecule has 6 heteroatoms. The molecule has 0 aliphatic rings. The van der Waals surface area contributed by atoms with Gasteiger partial charge in [-0.15, -0.1) is 0 Å². The van der Waals surface area contributed by atoms with Gasteiger partial charge >= 0.3 is 5.97 Å². The summed E-state index contributed by atoms with van der Waals surface area (Å²) < 4.78 is 16.2. The van der Waals surface area contributed by atoms with Crippen LogP contribution in [0.1, 0.15) is 12.5 Å². The van der Waals surface area contributed by atoms with Crippen molar-refractivity contribution in [2.24, 2.45) is 0 Å². The predicted octanol–water partition coefficient (Wildman–Crippen LogP) is 2.13. The van der Waals surface area contributed by atoms with E-state index in [-0.39, 0.29) is 0 Å². The minimum atomic E-state index is -0.640. The molecule has 0 saturated heterocycles. The van der Waals surface area contributed by atoms with Gasteiger partial charge in [0.1, 0.15) is 5.75 Å².